The molecule has 1 aliphatic heterocycles. The molecule has 11 heteroatoms. The van der Waals surface area contributed by atoms with Gasteiger partial charge in [-0.2, -0.15) is 0 Å². The van der Waals surface area contributed by atoms with Crippen molar-refractivity contribution < 1.29 is 48.8 Å². The summed E-state index contributed by atoms with van der Waals surface area (Å²) in [5, 5.41) is 35.6. The minimum absolute atomic E-state index is 0.00491. The number of ketones is 2. The SMILES string of the molecule is CC1(C)C[C@@H]([C@H](CC(=O)O)NC(=O)CCC(=O)OCC(=O)[C@@]2(O)CC[C@H]3[C@@H]4CCC5=CC(=O)CC[C@]5(C)[C@H]4[C@@H](O)C[C@@]32C)CCO1. The van der Waals surface area contributed by atoms with Crippen LogP contribution in [-0.4, -0.2) is 81.3 Å². The van der Waals surface area contributed by atoms with Crippen molar-refractivity contribution in [3.05, 3.63) is 11.6 Å². The van der Waals surface area contributed by atoms with Gasteiger partial charge in [-0.1, -0.05) is 19.4 Å². The van der Waals surface area contributed by atoms with Crippen LogP contribution in [-0.2, 0) is 33.4 Å². The molecule has 4 N–H and O–H groups in total. The lowest BCUT2D eigenvalue weighted by Crippen LogP contribution is -2.62. The molecule has 11 nitrogen and oxygen atoms in total. The zero-order valence-corrected chi connectivity index (χ0v) is 27.6. The summed E-state index contributed by atoms with van der Waals surface area (Å²) in [6, 6.07) is -0.600. The highest BCUT2D eigenvalue weighted by molar-refractivity contribution is 5.92. The molecule has 0 bridgehead atoms. The van der Waals surface area contributed by atoms with Gasteiger partial charge in [-0.15, -0.1) is 0 Å². The van der Waals surface area contributed by atoms with Crippen LogP contribution in [0.1, 0.15) is 105 Å². The van der Waals surface area contributed by atoms with Gasteiger partial charge in [-0.25, -0.2) is 0 Å². The van der Waals surface area contributed by atoms with Crippen LogP contribution in [0.25, 0.3) is 0 Å². The zero-order valence-electron chi connectivity index (χ0n) is 27.6. The average molecular weight is 646 g/mol. The highest BCUT2D eigenvalue weighted by Crippen LogP contribution is 2.67. The molecule has 3 saturated carbocycles. The van der Waals surface area contributed by atoms with Crippen LogP contribution >= 0.6 is 0 Å². The Balaban J connectivity index is 1.16. The number of carbonyl (C=O) groups is 5. The molecule has 1 heterocycles. The van der Waals surface area contributed by atoms with E-state index < -0.39 is 59.0 Å². The van der Waals surface area contributed by atoms with Crippen LogP contribution in [0.5, 0.6) is 0 Å². The molecule has 0 spiro atoms. The third kappa shape index (κ3) is 6.43. The van der Waals surface area contributed by atoms with Crippen molar-refractivity contribution in [2.24, 2.45) is 34.5 Å². The predicted molar refractivity (Wildman–Crippen MR) is 165 cm³/mol. The fourth-order valence-corrected chi connectivity index (χ4v) is 10.1. The number of carboxylic acid groups (broad SMARTS) is 1. The van der Waals surface area contributed by atoms with Crippen molar-refractivity contribution in [2.75, 3.05) is 13.2 Å². The number of amides is 1. The first-order valence-corrected chi connectivity index (χ1v) is 17.0. The highest BCUT2D eigenvalue weighted by Gasteiger charge is 2.68. The molecule has 0 aromatic rings. The van der Waals surface area contributed by atoms with Crippen LogP contribution in [0, 0.1) is 34.5 Å². The van der Waals surface area contributed by atoms with Crippen molar-refractivity contribution in [1.29, 1.82) is 0 Å². The summed E-state index contributed by atoms with van der Waals surface area (Å²) in [6.07, 6.45) is 5.27. The van der Waals surface area contributed by atoms with Gasteiger partial charge in [0.25, 0.3) is 0 Å². The minimum Gasteiger partial charge on any atom is -0.481 e. The monoisotopic (exact) mass is 645 g/mol. The number of hydrogen-bond acceptors (Lipinski definition) is 9. The molecule has 0 unspecified atom stereocenters. The molecule has 1 amide bonds. The van der Waals surface area contributed by atoms with E-state index in [1.807, 2.05) is 20.8 Å². The summed E-state index contributed by atoms with van der Waals surface area (Å²) in [7, 11) is 0. The Hall–Kier alpha value is -2.63. The molecule has 9 atom stereocenters. The van der Waals surface area contributed by atoms with Crippen LogP contribution in [0.4, 0.5) is 0 Å². The molecule has 46 heavy (non-hydrogen) atoms. The number of aliphatic hydroxyl groups excluding tert-OH is 1. The Bertz CT molecular complexity index is 1290. The van der Waals surface area contributed by atoms with Crippen LogP contribution in [0.3, 0.4) is 0 Å². The number of carbonyl (C=O) groups excluding carboxylic acids is 4. The van der Waals surface area contributed by atoms with E-state index in [4.69, 9.17) is 9.47 Å². The van der Waals surface area contributed by atoms with E-state index in [0.717, 1.165) is 18.4 Å². The molecule has 0 radical (unpaired) electrons. The van der Waals surface area contributed by atoms with Crippen molar-refractivity contribution in [2.45, 2.75) is 128 Å². The number of ether oxygens (including phenoxy) is 2. The molecular formula is C35H51NO10. The Kier molecular flexibility index (Phi) is 9.63. The Morgan fingerprint density at radius 1 is 1.04 bits per heavy atom. The summed E-state index contributed by atoms with van der Waals surface area (Å²) in [6.45, 7) is 7.72. The van der Waals surface area contributed by atoms with Crippen molar-refractivity contribution >= 4 is 29.4 Å². The summed E-state index contributed by atoms with van der Waals surface area (Å²) in [5.41, 5.74) is -2.24. The Labute approximate surface area is 270 Å². The van der Waals surface area contributed by atoms with Crippen molar-refractivity contribution in [1.82, 2.24) is 5.32 Å². The lowest BCUT2D eigenvalue weighted by Gasteiger charge is -2.60. The van der Waals surface area contributed by atoms with Gasteiger partial charge in [0.1, 0.15) is 5.60 Å². The normalized spacial score (nSPS) is 38.8. The third-order valence-corrected chi connectivity index (χ3v) is 12.5. The number of carboxylic acids is 1. The van der Waals surface area contributed by atoms with Gasteiger partial charge in [0.2, 0.25) is 11.7 Å². The van der Waals surface area contributed by atoms with E-state index in [-0.39, 0.29) is 67.0 Å². The molecular weight excluding hydrogens is 594 g/mol. The number of Topliss-reactive ketones (excluding diaryl/α,β-unsaturated/α-hetero) is 1. The molecule has 5 aliphatic rings. The van der Waals surface area contributed by atoms with Crippen LogP contribution in [0.15, 0.2) is 11.6 Å². The molecule has 5 rings (SSSR count). The maximum Gasteiger partial charge on any atom is 0.306 e. The van der Waals surface area contributed by atoms with E-state index >= 15 is 0 Å². The molecule has 4 aliphatic carbocycles. The van der Waals surface area contributed by atoms with Crippen LogP contribution < -0.4 is 5.32 Å². The average Bonchev–Trinajstić information content (AvgIpc) is 3.24. The van der Waals surface area contributed by atoms with E-state index in [2.05, 4.69) is 12.2 Å². The lowest BCUT2D eigenvalue weighted by atomic mass is 9.45. The maximum atomic E-state index is 13.5. The van der Waals surface area contributed by atoms with Gasteiger partial charge < -0.3 is 30.1 Å². The molecule has 256 valence electrons. The number of aliphatic hydroxyl groups is 2. The van der Waals surface area contributed by atoms with Gasteiger partial charge in [0, 0.05) is 30.9 Å². The second kappa shape index (κ2) is 12.8. The third-order valence-electron chi connectivity index (χ3n) is 12.5. The number of nitrogens with one attached hydrogen (secondary N) is 1. The topological polar surface area (TPSA) is 177 Å². The first kappa shape index (κ1) is 34.7. The largest absolute Gasteiger partial charge is 0.481 e. The van der Waals surface area contributed by atoms with Crippen molar-refractivity contribution in [3.8, 4) is 0 Å². The van der Waals surface area contributed by atoms with Gasteiger partial charge in [-0.3, -0.25) is 24.0 Å². The first-order valence-electron chi connectivity index (χ1n) is 17.0. The number of hydrogen-bond donors (Lipinski definition) is 4. The standard InChI is InChI=1S/C35H51NO10/c1-32(2)17-20(11-14-46-32)25(16-29(41)42)36-28(40)7-8-30(43)45-19-27(39)35(44)13-10-24-23-6-5-21-15-22(37)9-12-33(21,3)31(23)26(38)18-34(24,35)4/h15,20,23-26,31,38,44H,5-14,16-19H2,1-4H3,(H,36,40)(H,41,42)/t20-,23-,24-,25-,26-,31+,33-,34-,35-/m0/s1. The van der Waals surface area contributed by atoms with E-state index in [1.165, 1.54) is 0 Å². The maximum absolute atomic E-state index is 13.5. The van der Waals surface area contributed by atoms with Gasteiger partial charge >= 0.3 is 11.9 Å². The number of rotatable bonds is 10. The quantitative estimate of drug-likeness (QED) is 0.258. The summed E-state index contributed by atoms with van der Waals surface area (Å²) < 4.78 is 11.0. The van der Waals surface area contributed by atoms with Gasteiger partial charge in [0.15, 0.2) is 12.4 Å². The zero-order chi connectivity index (χ0) is 33.7. The Morgan fingerprint density at radius 2 is 1.78 bits per heavy atom. The molecule has 0 aromatic carbocycles. The lowest BCUT2D eigenvalue weighted by molar-refractivity contribution is -0.184. The number of allylic oxidation sites excluding steroid dienone is 1. The Morgan fingerprint density at radius 3 is 2.48 bits per heavy atom. The van der Waals surface area contributed by atoms with E-state index in [1.54, 1.807) is 6.08 Å². The van der Waals surface area contributed by atoms with Gasteiger partial charge in [-0.05, 0) is 100 Å². The van der Waals surface area contributed by atoms with Crippen molar-refractivity contribution in [3.63, 3.8) is 0 Å². The second-order valence-corrected chi connectivity index (χ2v) is 15.7. The fraction of sp³-hybridized carbons (Fsp3) is 0.800. The molecule has 4 fully saturated rings. The highest BCUT2D eigenvalue weighted by atomic mass is 16.5. The number of esters is 1. The molecule has 1 saturated heterocycles. The molecule has 0 aromatic heterocycles. The smallest absolute Gasteiger partial charge is 0.306 e. The fourth-order valence-electron chi connectivity index (χ4n) is 10.1. The van der Waals surface area contributed by atoms with E-state index in [0.29, 0.717) is 38.7 Å². The number of aliphatic carboxylic acids is 1. The van der Waals surface area contributed by atoms with Crippen LogP contribution in [0.2, 0.25) is 0 Å². The van der Waals surface area contributed by atoms with Gasteiger partial charge in [0.05, 0.1) is 24.5 Å². The summed E-state index contributed by atoms with van der Waals surface area (Å²) >= 11 is 0. The predicted octanol–water partition coefficient (Wildman–Crippen LogP) is 3.28. The first-order chi connectivity index (χ1) is 21.5. The minimum atomic E-state index is -1.76. The number of fused-ring (bicyclic) bond motifs is 5. The van der Waals surface area contributed by atoms with E-state index in [9.17, 15) is 39.3 Å². The summed E-state index contributed by atoms with van der Waals surface area (Å²) in [5.74, 6) is -2.75. The second-order valence-electron chi connectivity index (χ2n) is 15.7. The summed E-state index contributed by atoms with van der Waals surface area (Å²) in [4.78, 5) is 62.5.